The lowest BCUT2D eigenvalue weighted by Gasteiger charge is -2.06. The van der Waals surface area contributed by atoms with Crippen LogP contribution >= 0.6 is 0 Å². The average molecular weight is 217 g/mol. The van der Waals surface area contributed by atoms with E-state index in [4.69, 9.17) is 4.74 Å². The highest BCUT2D eigenvalue weighted by molar-refractivity contribution is 5.87. The number of hydrogen-bond acceptors (Lipinski definition) is 2. The number of rotatable bonds is 4. The second-order valence-electron chi connectivity index (χ2n) is 3.81. The third kappa shape index (κ3) is 1.69. The smallest absolute Gasteiger partial charge is 0.127 e. The molecular weight excluding hydrogens is 202 g/mol. The van der Waals surface area contributed by atoms with Crippen LogP contribution in [-0.4, -0.2) is 18.4 Å². The molecule has 0 aliphatic heterocycles. The number of methoxy groups -OCH3 is 1. The van der Waals surface area contributed by atoms with Gasteiger partial charge in [-0.05, 0) is 30.2 Å². The first kappa shape index (κ1) is 10.7. The Labute approximate surface area is 94.4 Å². The number of carbonyl (C=O) groups is 1. The predicted molar refractivity (Wildman–Crippen MR) is 63.9 cm³/mol. The molecule has 3 heteroatoms. The molecule has 0 aliphatic carbocycles. The Morgan fingerprint density at radius 1 is 1.50 bits per heavy atom. The van der Waals surface area contributed by atoms with Crippen LogP contribution in [0.25, 0.3) is 10.9 Å². The Balaban J connectivity index is 2.57. The SMILES string of the molecule is CCC(C=O)c1c[nH]c2ccc(OC)cc12. The molecule has 1 atom stereocenters. The van der Waals surface area contributed by atoms with Gasteiger partial charge in [-0.15, -0.1) is 0 Å². The van der Waals surface area contributed by atoms with E-state index in [1.807, 2.05) is 31.3 Å². The van der Waals surface area contributed by atoms with Gasteiger partial charge in [0.15, 0.2) is 0 Å². The summed E-state index contributed by atoms with van der Waals surface area (Å²) in [6.45, 7) is 2.01. The van der Waals surface area contributed by atoms with E-state index in [1.54, 1.807) is 7.11 Å². The van der Waals surface area contributed by atoms with Crippen LogP contribution in [-0.2, 0) is 4.79 Å². The van der Waals surface area contributed by atoms with Crippen molar-refractivity contribution in [3.63, 3.8) is 0 Å². The Morgan fingerprint density at radius 2 is 2.31 bits per heavy atom. The average Bonchev–Trinajstić information content (AvgIpc) is 2.74. The summed E-state index contributed by atoms with van der Waals surface area (Å²) < 4.78 is 5.19. The highest BCUT2D eigenvalue weighted by Gasteiger charge is 2.13. The number of aldehydes is 1. The van der Waals surface area contributed by atoms with Crippen LogP contribution in [0.4, 0.5) is 0 Å². The highest BCUT2D eigenvalue weighted by Crippen LogP contribution is 2.29. The number of benzene rings is 1. The molecule has 0 bridgehead atoms. The largest absolute Gasteiger partial charge is 0.497 e. The third-order valence-electron chi connectivity index (χ3n) is 2.92. The fourth-order valence-electron chi connectivity index (χ4n) is 1.94. The minimum Gasteiger partial charge on any atom is -0.497 e. The molecule has 0 saturated heterocycles. The van der Waals surface area contributed by atoms with Gasteiger partial charge in [-0.25, -0.2) is 0 Å². The van der Waals surface area contributed by atoms with E-state index in [0.717, 1.165) is 34.9 Å². The first-order chi connectivity index (χ1) is 7.80. The topological polar surface area (TPSA) is 42.1 Å². The molecule has 1 unspecified atom stereocenters. The fourth-order valence-corrected chi connectivity index (χ4v) is 1.94. The van der Waals surface area contributed by atoms with Gasteiger partial charge in [-0.2, -0.15) is 0 Å². The zero-order chi connectivity index (χ0) is 11.5. The minimum atomic E-state index is -0.0409. The summed E-state index contributed by atoms with van der Waals surface area (Å²) >= 11 is 0. The number of ether oxygens (including phenoxy) is 1. The predicted octanol–water partition coefficient (Wildman–Crippen LogP) is 2.87. The molecule has 2 rings (SSSR count). The molecule has 1 aromatic heterocycles. The van der Waals surface area contributed by atoms with Crippen LogP contribution in [0.3, 0.4) is 0 Å². The van der Waals surface area contributed by atoms with Crippen molar-refractivity contribution in [2.24, 2.45) is 0 Å². The Kier molecular flexibility index (Phi) is 2.95. The van der Waals surface area contributed by atoms with Gasteiger partial charge >= 0.3 is 0 Å². The number of carbonyl (C=O) groups excluding carboxylic acids is 1. The van der Waals surface area contributed by atoms with Crippen LogP contribution in [0.1, 0.15) is 24.8 Å². The highest BCUT2D eigenvalue weighted by atomic mass is 16.5. The van der Waals surface area contributed by atoms with Gasteiger partial charge in [-0.1, -0.05) is 6.92 Å². The lowest BCUT2D eigenvalue weighted by atomic mass is 9.97. The molecule has 0 saturated carbocycles. The maximum absolute atomic E-state index is 11.0. The van der Waals surface area contributed by atoms with E-state index in [-0.39, 0.29) is 5.92 Å². The van der Waals surface area contributed by atoms with Crippen molar-refractivity contribution in [3.05, 3.63) is 30.0 Å². The van der Waals surface area contributed by atoms with Crippen LogP contribution in [0.15, 0.2) is 24.4 Å². The maximum atomic E-state index is 11.0. The summed E-state index contributed by atoms with van der Waals surface area (Å²) in [7, 11) is 1.64. The maximum Gasteiger partial charge on any atom is 0.127 e. The van der Waals surface area contributed by atoms with Crippen molar-refractivity contribution in [2.45, 2.75) is 19.3 Å². The van der Waals surface area contributed by atoms with Crippen molar-refractivity contribution >= 4 is 17.2 Å². The van der Waals surface area contributed by atoms with E-state index in [2.05, 4.69) is 4.98 Å². The Morgan fingerprint density at radius 3 is 2.94 bits per heavy atom. The molecule has 1 N–H and O–H groups in total. The van der Waals surface area contributed by atoms with Crippen LogP contribution in [0.5, 0.6) is 5.75 Å². The first-order valence-corrected chi connectivity index (χ1v) is 5.40. The summed E-state index contributed by atoms with van der Waals surface area (Å²) in [5, 5.41) is 1.07. The molecule has 0 aliphatic rings. The molecule has 3 nitrogen and oxygen atoms in total. The standard InChI is InChI=1S/C13H15NO2/c1-3-9(8-15)12-7-14-13-5-4-10(16-2)6-11(12)13/h4-9,14H,3H2,1-2H3. The quantitative estimate of drug-likeness (QED) is 0.800. The molecule has 1 aromatic carbocycles. The minimum absolute atomic E-state index is 0.0409. The van der Waals surface area contributed by atoms with Crippen molar-refractivity contribution < 1.29 is 9.53 Å². The number of nitrogens with one attached hydrogen (secondary N) is 1. The van der Waals surface area contributed by atoms with Crippen molar-refractivity contribution in [2.75, 3.05) is 7.11 Å². The fraction of sp³-hybridized carbons (Fsp3) is 0.308. The van der Waals surface area contributed by atoms with Gasteiger partial charge in [0.05, 0.1) is 7.11 Å². The molecular formula is C13H15NO2. The molecule has 0 radical (unpaired) electrons. The van der Waals surface area contributed by atoms with Gasteiger partial charge in [0, 0.05) is 23.0 Å². The Hall–Kier alpha value is -1.77. The van der Waals surface area contributed by atoms with Crippen LogP contribution < -0.4 is 4.74 Å². The lowest BCUT2D eigenvalue weighted by Crippen LogP contribution is -1.96. The Bertz CT molecular complexity index is 502. The zero-order valence-corrected chi connectivity index (χ0v) is 9.49. The van der Waals surface area contributed by atoms with E-state index in [9.17, 15) is 4.79 Å². The molecule has 1 heterocycles. The number of aromatic nitrogens is 1. The molecule has 0 fully saturated rings. The van der Waals surface area contributed by atoms with Crippen molar-refractivity contribution in [1.82, 2.24) is 4.98 Å². The number of hydrogen-bond donors (Lipinski definition) is 1. The summed E-state index contributed by atoms with van der Waals surface area (Å²) in [5.74, 6) is 0.773. The van der Waals surface area contributed by atoms with Crippen LogP contribution in [0.2, 0.25) is 0 Å². The molecule has 84 valence electrons. The second-order valence-corrected chi connectivity index (χ2v) is 3.81. The van der Waals surface area contributed by atoms with Crippen molar-refractivity contribution in [3.8, 4) is 5.75 Å². The van der Waals surface area contributed by atoms with Gasteiger partial charge in [0.25, 0.3) is 0 Å². The van der Waals surface area contributed by atoms with Crippen LogP contribution in [0, 0.1) is 0 Å². The molecule has 0 amide bonds. The normalized spacial score (nSPS) is 12.6. The second kappa shape index (κ2) is 4.39. The molecule has 2 aromatic rings. The van der Waals surface area contributed by atoms with E-state index < -0.39 is 0 Å². The van der Waals surface area contributed by atoms with E-state index in [0.29, 0.717) is 0 Å². The van der Waals surface area contributed by atoms with Gasteiger partial charge in [-0.3, -0.25) is 0 Å². The number of aromatic amines is 1. The summed E-state index contributed by atoms with van der Waals surface area (Å²) in [5.41, 5.74) is 2.09. The van der Waals surface area contributed by atoms with E-state index in [1.165, 1.54) is 0 Å². The molecule has 16 heavy (non-hydrogen) atoms. The van der Waals surface area contributed by atoms with Gasteiger partial charge < -0.3 is 14.5 Å². The monoisotopic (exact) mass is 217 g/mol. The van der Waals surface area contributed by atoms with E-state index >= 15 is 0 Å². The van der Waals surface area contributed by atoms with Gasteiger partial charge in [0.2, 0.25) is 0 Å². The summed E-state index contributed by atoms with van der Waals surface area (Å²) in [6, 6.07) is 5.84. The number of fused-ring (bicyclic) bond motifs is 1. The third-order valence-corrected chi connectivity index (χ3v) is 2.92. The van der Waals surface area contributed by atoms with Crippen molar-refractivity contribution in [1.29, 1.82) is 0 Å². The first-order valence-electron chi connectivity index (χ1n) is 5.40. The van der Waals surface area contributed by atoms with Gasteiger partial charge in [0.1, 0.15) is 12.0 Å². The summed E-state index contributed by atoms with van der Waals surface area (Å²) in [6.07, 6.45) is 3.72. The lowest BCUT2D eigenvalue weighted by molar-refractivity contribution is -0.109. The molecule has 0 spiro atoms. The number of H-pyrrole nitrogens is 1. The zero-order valence-electron chi connectivity index (χ0n) is 9.49. The summed E-state index contributed by atoms with van der Waals surface area (Å²) in [4.78, 5) is 14.2.